The van der Waals surface area contributed by atoms with E-state index in [0.717, 1.165) is 6.42 Å². The summed E-state index contributed by atoms with van der Waals surface area (Å²) >= 11 is 0. The lowest BCUT2D eigenvalue weighted by molar-refractivity contribution is 0.0795. The number of aliphatic hydroxyl groups is 1. The van der Waals surface area contributed by atoms with Crippen molar-refractivity contribution in [3.8, 4) is 0 Å². The van der Waals surface area contributed by atoms with Gasteiger partial charge in [0.05, 0.1) is 12.2 Å². The van der Waals surface area contributed by atoms with E-state index in [4.69, 9.17) is 9.84 Å². The number of aliphatic hydroxyl groups excluding tert-OH is 1. The largest absolute Gasteiger partial charge is 0.396 e. The first-order valence-corrected chi connectivity index (χ1v) is 3.66. The maximum Gasteiger partial charge on any atom is 0.0630 e. The minimum Gasteiger partial charge on any atom is -0.396 e. The van der Waals surface area contributed by atoms with E-state index in [-0.39, 0.29) is 0 Å². The summed E-state index contributed by atoms with van der Waals surface area (Å²) < 4.78 is 5.52. The summed E-state index contributed by atoms with van der Waals surface area (Å²) in [6.07, 6.45) is 4.39. The molecule has 0 aromatic heterocycles. The molecule has 9 heavy (non-hydrogen) atoms. The molecule has 1 N–H and O–H groups in total. The second-order valence-corrected chi connectivity index (χ2v) is 3.05. The van der Waals surface area contributed by atoms with Crippen molar-refractivity contribution in [1.29, 1.82) is 0 Å². The Kier molecular flexibility index (Phi) is 1.24. The first-order valence-electron chi connectivity index (χ1n) is 3.66. The van der Waals surface area contributed by atoms with Gasteiger partial charge in [-0.05, 0) is 19.3 Å². The normalized spacial score (nSPS) is 48.3. The molecule has 0 aromatic rings. The first-order chi connectivity index (χ1) is 4.40. The van der Waals surface area contributed by atoms with Crippen LogP contribution in [-0.2, 0) is 4.74 Å². The molecule has 2 heteroatoms. The van der Waals surface area contributed by atoms with Gasteiger partial charge < -0.3 is 9.84 Å². The molecule has 0 unspecified atom stereocenters. The quantitative estimate of drug-likeness (QED) is 0.558. The summed E-state index contributed by atoms with van der Waals surface area (Å²) in [6, 6.07) is 0. The fourth-order valence-electron chi connectivity index (χ4n) is 1.94. The molecule has 52 valence electrons. The molecule has 0 saturated carbocycles. The van der Waals surface area contributed by atoms with Gasteiger partial charge in [-0.15, -0.1) is 0 Å². The molecule has 0 radical (unpaired) electrons. The van der Waals surface area contributed by atoms with Crippen LogP contribution in [0.4, 0.5) is 0 Å². The Hall–Kier alpha value is -0.0800. The molecule has 2 aliphatic heterocycles. The predicted molar refractivity (Wildman–Crippen MR) is 33.1 cm³/mol. The third kappa shape index (κ3) is 0.775. The molecule has 2 saturated heterocycles. The van der Waals surface area contributed by atoms with E-state index in [1.807, 2.05) is 0 Å². The number of hydrogen-bond donors (Lipinski definition) is 1. The van der Waals surface area contributed by atoms with Crippen LogP contribution in [-0.4, -0.2) is 23.9 Å². The highest BCUT2D eigenvalue weighted by Crippen LogP contribution is 2.38. The average molecular weight is 128 g/mol. The van der Waals surface area contributed by atoms with Gasteiger partial charge in [0.15, 0.2) is 0 Å². The van der Waals surface area contributed by atoms with Crippen molar-refractivity contribution in [1.82, 2.24) is 0 Å². The molecule has 2 heterocycles. The lowest BCUT2D eigenvalue weighted by Gasteiger charge is -2.14. The van der Waals surface area contributed by atoms with E-state index in [2.05, 4.69) is 0 Å². The lowest BCUT2D eigenvalue weighted by Crippen LogP contribution is -2.19. The highest BCUT2D eigenvalue weighted by molar-refractivity contribution is 4.88. The Labute approximate surface area is 54.8 Å². The van der Waals surface area contributed by atoms with Gasteiger partial charge in [-0.2, -0.15) is 0 Å². The van der Waals surface area contributed by atoms with E-state index >= 15 is 0 Å². The van der Waals surface area contributed by atoms with Gasteiger partial charge in [-0.25, -0.2) is 0 Å². The van der Waals surface area contributed by atoms with Crippen LogP contribution in [0.2, 0.25) is 0 Å². The summed E-state index contributed by atoms with van der Waals surface area (Å²) in [6.45, 7) is 0.321. The minimum atomic E-state index is 0.321. The summed E-state index contributed by atoms with van der Waals surface area (Å²) in [4.78, 5) is 0. The molecule has 0 aromatic carbocycles. The zero-order valence-electron chi connectivity index (χ0n) is 5.42. The highest BCUT2D eigenvalue weighted by Gasteiger charge is 2.39. The van der Waals surface area contributed by atoms with Crippen molar-refractivity contribution in [3.05, 3.63) is 0 Å². The van der Waals surface area contributed by atoms with Crippen molar-refractivity contribution in [2.24, 2.45) is 5.92 Å². The maximum atomic E-state index is 8.81. The first kappa shape index (κ1) is 5.69. The Balaban J connectivity index is 2.01. The van der Waals surface area contributed by atoms with Crippen LogP contribution >= 0.6 is 0 Å². The van der Waals surface area contributed by atoms with Crippen LogP contribution in [0.1, 0.15) is 19.3 Å². The van der Waals surface area contributed by atoms with Crippen LogP contribution < -0.4 is 0 Å². The maximum absolute atomic E-state index is 8.81. The number of rotatable bonds is 1. The number of ether oxygens (including phenoxy) is 1. The third-order valence-corrected chi connectivity index (χ3v) is 2.47. The molecule has 2 fully saturated rings. The zero-order valence-corrected chi connectivity index (χ0v) is 5.42. The molecular weight excluding hydrogens is 116 g/mol. The van der Waals surface area contributed by atoms with Gasteiger partial charge in [0.2, 0.25) is 0 Å². The standard InChI is InChI=1S/C7H12O2/c8-4-5-3-6-1-2-7(5)9-6/h5-8H,1-4H2/t5-,6+,7+/m0/s1. The number of fused-ring (bicyclic) bond motifs is 2. The van der Waals surface area contributed by atoms with E-state index in [1.165, 1.54) is 12.8 Å². The molecule has 2 bridgehead atoms. The molecular formula is C7H12O2. The summed E-state index contributed by atoms with van der Waals surface area (Å²) in [5, 5.41) is 8.81. The van der Waals surface area contributed by atoms with E-state index < -0.39 is 0 Å². The van der Waals surface area contributed by atoms with Crippen molar-refractivity contribution < 1.29 is 9.84 Å². The van der Waals surface area contributed by atoms with Crippen molar-refractivity contribution >= 4 is 0 Å². The molecule has 0 spiro atoms. The Bertz CT molecular complexity index is 113. The van der Waals surface area contributed by atoms with Gasteiger partial charge >= 0.3 is 0 Å². The third-order valence-electron chi connectivity index (χ3n) is 2.47. The van der Waals surface area contributed by atoms with Crippen molar-refractivity contribution in [3.63, 3.8) is 0 Å². The topological polar surface area (TPSA) is 29.5 Å². The minimum absolute atomic E-state index is 0.321. The molecule has 2 rings (SSSR count). The van der Waals surface area contributed by atoms with Crippen LogP contribution in [0.3, 0.4) is 0 Å². The second-order valence-electron chi connectivity index (χ2n) is 3.05. The SMILES string of the molecule is OC[C@@H]1C[C@H]2CC[C@H]1O2. The van der Waals surface area contributed by atoms with Crippen LogP contribution in [0, 0.1) is 5.92 Å². The monoisotopic (exact) mass is 128 g/mol. The van der Waals surface area contributed by atoms with Crippen LogP contribution in [0.15, 0.2) is 0 Å². The van der Waals surface area contributed by atoms with Gasteiger partial charge in [0, 0.05) is 12.5 Å². The fraction of sp³-hybridized carbons (Fsp3) is 1.00. The van der Waals surface area contributed by atoms with Crippen molar-refractivity contribution in [2.45, 2.75) is 31.5 Å². The Morgan fingerprint density at radius 1 is 1.44 bits per heavy atom. The molecule has 3 atom stereocenters. The predicted octanol–water partition coefficient (Wildman–Crippen LogP) is 0.546. The fourth-order valence-corrected chi connectivity index (χ4v) is 1.94. The molecule has 0 aliphatic carbocycles. The van der Waals surface area contributed by atoms with Crippen LogP contribution in [0.5, 0.6) is 0 Å². The van der Waals surface area contributed by atoms with Gasteiger partial charge in [0.25, 0.3) is 0 Å². The van der Waals surface area contributed by atoms with Gasteiger partial charge in [-0.1, -0.05) is 0 Å². The smallest absolute Gasteiger partial charge is 0.0630 e. The van der Waals surface area contributed by atoms with Gasteiger partial charge in [0.1, 0.15) is 0 Å². The molecule has 0 amide bonds. The van der Waals surface area contributed by atoms with E-state index in [1.54, 1.807) is 0 Å². The van der Waals surface area contributed by atoms with E-state index in [9.17, 15) is 0 Å². The summed E-state index contributed by atoms with van der Waals surface area (Å²) in [5.41, 5.74) is 0. The van der Waals surface area contributed by atoms with Gasteiger partial charge in [-0.3, -0.25) is 0 Å². The summed E-state index contributed by atoms with van der Waals surface area (Å²) in [5.74, 6) is 0.462. The highest BCUT2D eigenvalue weighted by atomic mass is 16.5. The Morgan fingerprint density at radius 3 is 2.67 bits per heavy atom. The number of hydrogen-bond acceptors (Lipinski definition) is 2. The van der Waals surface area contributed by atoms with Crippen LogP contribution in [0.25, 0.3) is 0 Å². The molecule has 2 aliphatic rings. The second kappa shape index (κ2) is 1.96. The lowest BCUT2D eigenvalue weighted by atomic mass is 9.90. The zero-order chi connectivity index (χ0) is 6.27. The summed E-state index contributed by atoms with van der Waals surface area (Å²) in [7, 11) is 0. The molecule has 2 nitrogen and oxygen atoms in total. The van der Waals surface area contributed by atoms with Crippen molar-refractivity contribution in [2.75, 3.05) is 6.61 Å². The van der Waals surface area contributed by atoms with E-state index in [0.29, 0.717) is 24.7 Å². The Morgan fingerprint density at radius 2 is 2.33 bits per heavy atom. The average Bonchev–Trinajstić information content (AvgIpc) is 2.45.